The highest BCUT2D eigenvalue weighted by Crippen LogP contribution is 2.31. The number of aromatic amines is 2. The Hall–Kier alpha value is -2.77. The standard InChI is InChI=1S/C17H12FN3O2S/c18-10-4-5-14-13(7-10)17-16(20-14)12(8-15(22)21-17)9-2-1-3-11(6-9)24(19)23/h1-8,20H,19H2,(H,21,22). The van der Waals surface area contributed by atoms with Gasteiger partial charge >= 0.3 is 0 Å². The van der Waals surface area contributed by atoms with Crippen molar-refractivity contribution in [1.82, 2.24) is 9.97 Å². The van der Waals surface area contributed by atoms with Gasteiger partial charge in [0.05, 0.1) is 15.9 Å². The fourth-order valence-electron chi connectivity index (χ4n) is 2.87. The topological polar surface area (TPSA) is 91.7 Å². The lowest BCUT2D eigenvalue weighted by Gasteiger charge is -2.05. The van der Waals surface area contributed by atoms with Crippen LogP contribution in [-0.2, 0) is 11.0 Å². The molecule has 2 heterocycles. The Bertz CT molecular complexity index is 1180. The first-order valence-corrected chi connectivity index (χ1v) is 8.35. The summed E-state index contributed by atoms with van der Waals surface area (Å²) >= 11 is 0. The normalized spacial score (nSPS) is 12.8. The molecular formula is C17H12FN3O2S. The molecule has 0 spiro atoms. The number of nitrogens with one attached hydrogen (secondary N) is 2. The Kier molecular flexibility index (Phi) is 3.33. The van der Waals surface area contributed by atoms with E-state index in [1.807, 2.05) is 0 Å². The van der Waals surface area contributed by atoms with E-state index in [4.69, 9.17) is 5.14 Å². The Balaban J connectivity index is 2.09. The summed E-state index contributed by atoms with van der Waals surface area (Å²) in [5.74, 6) is -0.379. The summed E-state index contributed by atoms with van der Waals surface area (Å²) in [4.78, 5) is 18.5. The van der Waals surface area contributed by atoms with Gasteiger partial charge in [-0.05, 0) is 35.9 Å². The number of halogens is 1. The fourth-order valence-corrected chi connectivity index (χ4v) is 3.33. The quantitative estimate of drug-likeness (QED) is 0.523. The summed E-state index contributed by atoms with van der Waals surface area (Å²) in [6.07, 6.45) is 0. The van der Waals surface area contributed by atoms with Crippen molar-refractivity contribution in [2.24, 2.45) is 5.14 Å². The molecule has 4 N–H and O–H groups in total. The van der Waals surface area contributed by atoms with Gasteiger partial charge in [-0.25, -0.2) is 13.7 Å². The van der Waals surface area contributed by atoms with E-state index in [1.165, 1.54) is 18.2 Å². The van der Waals surface area contributed by atoms with Crippen LogP contribution in [0.25, 0.3) is 33.1 Å². The van der Waals surface area contributed by atoms with E-state index in [-0.39, 0.29) is 11.4 Å². The molecule has 2 aromatic carbocycles. The minimum Gasteiger partial charge on any atom is -0.353 e. The maximum absolute atomic E-state index is 13.6. The van der Waals surface area contributed by atoms with Crippen LogP contribution < -0.4 is 10.7 Å². The maximum Gasteiger partial charge on any atom is 0.249 e. The third kappa shape index (κ3) is 2.34. The molecule has 24 heavy (non-hydrogen) atoms. The summed E-state index contributed by atoms with van der Waals surface area (Å²) in [5, 5.41) is 6.04. The van der Waals surface area contributed by atoms with Crippen LogP contribution in [0.15, 0.2) is 58.2 Å². The molecule has 7 heteroatoms. The molecular weight excluding hydrogens is 329 g/mol. The average Bonchev–Trinajstić information content (AvgIpc) is 2.92. The number of fused-ring (bicyclic) bond motifs is 3. The van der Waals surface area contributed by atoms with Gasteiger partial charge in [0, 0.05) is 22.5 Å². The van der Waals surface area contributed by atoms with Crippen molar-refractivity contribution >= 4 is 32.9 Å². The minimum absolute atomic E-state index is 0.304. The first-order chi connectivity index (χ1) is 11.5. The van der Waals surface area contributed by atoms with Crippen molar-refractivity contribution in [3.63, 3.8) is 0 Å². The summed E-state index contributed by atoms with van der Waals surface area (Å²) in [5.41, 5.74) is 2.96. The molecule has 0 saturated carbocycles. The lowest BCUT2D eigenvalue weighted by Crippen LogP contribution is -2.05. The van der Waals surface area contributed by atoms with Gasteiger partial charge < -0.3 is 9.97 Å². The van der Waals surface area contributed by atoms with Gasteiger partial charge in [-0.3, -0.25) is 4.79 Å². The molecule has 4 rings (SSSR count). The van der Waals surface area contributed by atoms with Gasteiger partial charge in [-0.2, -0.15) is 0 Å². The van der Waals surface area contributed by atoms with E-state index >= 15 is 0 Å². The van der Waals surface area contributed by atoms with Gasteiger partial charge in [-0.1, -0.05) is 12.1 Å². The van der Waals surface area contributed by atoms with E-state index in [0.29, 0.717) is 38.0 Å². The van der Waals surface area contributed by atoms with Crippen LogP contribution in [0.1, 0.15) is 0 Å². The van der Waals surface area contributed by atoms with Crippen LogP contribution in [0, 0.1) is 5.82 Å². The number of rotatable bonds is 2. The molecule has 0 aliphatic heterocycles. The summed E-state index contributed by atoms with van der Waals surface area (Å²) in [6.45, 7) is 0. The van der Waals surface area contributed by atoms with Crippen molar-refractivity contribution in [2.45, 2.75) is 4.90 Å². The van der Waals surface area contributed by atoms with Gasteiger partial charge in [-0.15, -0.1) is 0 Å². The molecule has 0 aliphatic carbocycles. The molecule has 5 nitrogen and oxygen atoms in total. The predicted molar refractivity (Wildman–Crippen MR) is 92.4 cm³/mol. The molecule has 1 unspecified atom stereocenters. The zero-order valence-electron chi connectivity index (χ0n) is 12.3. The van der Waals surface area contributed by atoms with E-state index in [2.05, 4.69) is 9.97 Å². The van der Waals surface area contributed by atoms with Crippen LogP contribution >= 0.6 is 0 Å². The second kappa shape index (κ2) is 5.40. The number of hydrogen-bond acceptors (Lipinski definition) is 2. The highest BCUT2D eigenvalue weighted by molar-refractivity contribution is 7.82. The minimum atomic E-state index is -1.62. The lowest BCUT2D eigenvalue weighted by molar-refractivity contribution is 0.630. The SMILES string of the molecule is NS(=O)c1cccc(-c2cc(=O)[nH]c3c2[nH]c2ccc(F)cc23)c1. The second-order valence-electron chi connectivity index (χ2n) is 5.44. The number of pyridine rings is 1. The third-order valence-electron chi connectivity index (χ3n) is 3.93. The van der Waals surface area contributed by atoms with Crippen LogP contribution in [-0.4, -0.2) is 14.2 Å². The van der Waals surface area contributed by atoms with Crippen molar-refractivity contribution in [3.8, 4) is 11.1 Å². The zero-order valence-corrected chi connectivity index (χ0v) is 13.1. The maximum atomic E-state index is 13.6. The summed E-state index contributed by atoms with van der Waals surface area (Å²) in [6, 6.07) is 12.7. The first-order valence-electron chi connectivity index (χ1n) is 7.14. The van der Waals surface area contributed by atoms with Gasteiger partial charge in [0.1, 0.15) is 16.8 Å². The van der Waals surface area contributed by atoms with Gasteiger partial charge in [0.15, 0.2) is 0 Å². The first kappa shape index (κ1) is 14.8. The van der Waals surface area contributed by atoms with Gasteiger partial charge in [0.2, 0.25) is 5.56 Å². The Morgan fingerprint density at radius 1 is 1.00 bits per heavy atom. The number of H-pyrrole nitrogens is 2. The van der Waals surface area contributed by atoms with E-state index in [0.717, 1.165) is 0 Å². The van der Waals surface area contributed by atoms with Crippen molar-refractivity contribution in [1.29, 1.82) is 0 Å². The summed E-state index contributed by atoms with van der Waals surface area (Å²) in [7, 11) is -1.62. The Labute approximate surface area is 137 Å². The van der Waals surface area contributed by atoms with Crippen LogP contribution in [0.4, 0.5) is 4.39 Å². The molecule has 0 bridgehead atoms. The van der Waals surface area contributed by atoms with E-state index in [9.17, 15) is 13.4 Å². The zero-order chi connectivity index (χ0) is 16.8. The molecule has 0 saturated heterocycles. The van der Waals surface area contributed by atoms with Crippen molar-refractivity contribution in [3.05, 3.63) is 64.7 Å². The molecule has 1 atom stereocenters. The molecule has 120 valence electrons. The fraction of sp³-hybridized carbons (Fsp3) is 0. The second-order valence-corrected chi connectivity index (χ2v) is 6.50. The monoisotopic (exact) mass is 341 g/mol. The Morgan fingerprint density at radius 3 is 2.62 bits per heavy atom. The molecule has 0 amide bonds. The Morgan fingerprint density at radius 2 is 1.83 bits per heavy atom. The molecule has 2 aromatic heterocycles. The largest absolute Gasteiger partial charge is 0.353 e. The average molecular weight is 341 g/mol. The van der Waals surface area contributed by atoms with E-state index in [1.54, 1.807) is 30.3 Å². The van der Waals surface area contributed by atoms with Gasteiger partial charge in [0.25, 0.3) is 0 Å². The van der Waals surface area contributed by atoms with Crippen molar-refractivity contribution < 1.29 is 8.60 Å². The van der Waals surface area contributed by atoms with Crippen LogP contribution in [0.3, 0.4) is 0 Å². The van der Waals surface area contributed by atoms with Crippen LogP contribution in [0.2, 0.25) is 0 Å². The molecule has 4 aromatic rings. The number of nitrogens with two attached hydrogens (primary N) is 1. The molecule has 0 aliphatic rings. The molecule has 0 radical (unpaired) electrons. The van der Waals surface area contributed by atoms with Crippen molar-refractivity contribution in [2.75, 3.05) is 0 Å². The summed E-state index contributed by atoms with van der Waals surface area (Å²) < 4.78 is 25.1. The number of aromatic nitrogens is 2. The molecule has 0 fully saturated rings. The predicted octanol–water partition coefficient (Wildman–Crippen LogP) is 2.80. The van der Waals surface area contributed by atoms with Crippen LogP contribution in [0.5, 0.6) is 0 Å². The highest BCUT2D eigenvalue weighted by Gasteiger charge is 2.13. The van der Waals surface area contributed by atoms with E-state index < -0.39 is 11.0 Å². The third-order valence-corrected chi connectivity index (χ3v) is 4.65. The lowest BCUT2D eigenvalue weighted by atomic mass is 10.1. The smallest absolute Gasteiger partial charge is 0.249 e. The highest BCUT2D eigenvalue weighted by atomic mass is 32.2. The number of hydrogen-bond donors (Lipinski definition) is 3. The number of benzene rings is 2.